The Bertz CT molecular complexity index is 340. The van der Waals surface area contributed by atoms with E-state index in [-0.39, 0.29) is 17.3 Å². The van der Waals surface area contributed by atoms with E-state index in [4.69, 9.17) is 5.26 Å². The van der Waals surface area contributed by atoms with Gasteiger partial charge in [0.25, 0.3) is 5.91 Å². The van der Waals surface area contributed by atoms with E-state index in [0.29, 0.717) is 0 Å². The molecule has 0 fully saturated rings. The van der Waals surface area contributed by atoms with Gasteiger partial charge in [0.1, 0.15) is 17.5 Å². The lowest BCUT2D eigenvalue weighted by Crippen LogP contribution is -2.19. The van der Waals surface area contributed by atoms with Crippen LogP contribution in [0.4, 0.5) is 0 Å². The summed E-state index contributed by atoms with van der Waals surface area (Å²) < 4.78 is 0. The first-order chi connectivity index (χ1) is 5.77. The van der Waals surface area contributed by atoms with Crippen molar-refractivity contribution in [3.8, 4) is 6.07 Å². The maximum absolute atomic E-state index is 11.0. The fraction of sp³-hybridized carbons (Fsp3) is 0.125. The summed E-state index contributed by atoms with van der Waals surface area (Å²) in [6.45, 7) is 0. The van der Waals surface area contributed by atoms with Crippen LogP contribution in [0.1, 0.15) is 16.2 Å². The number of nitrogens with one attached hydrogen (secondary N) is 1. The minimum atomic E-state index is -0.285. The summed E-state index contributed by atoms with van der Waals surface area (Å²) in [6.07, 6.45) is 0. The SMILES string of the molecule is CNC(=O)c1cccc(C#N)n1. The molecule has 0 aromatic carbocycles. The van der Waals surface area contributed by atoms with Crippen molar-refractivity contribution < 1.29 is 4.79 Å². The first kappa shape index (κ1) is 8.21. The quantitative estimate of drug-likeness (QED) is 0.644. The van der Waals surface area contributed by atoms with Gasteiger partial charge in [-0.1, -0.05) is 6.07 Å². The zero-order valence-corrected chi connectivity index (χ0v) is 6.53. The van der Waals surface area contributed by atoms with Crippen LogP contribution in [-0.2, 0) is 0 Å². The van der Waals surface area contributed by atoms with Gasteiger partial charge in [-0.2, -0.15) is 5.26 Å². The molecule has 0 bridgehead atoms. The van der Waals surface area contributed by atoms with Crippen molar-refractivity contribution in [2.75, 3.05) is 7.05 Å². The lowest BCUT2D eigenvalue weighted by atomic mass is 10.3. The van der Waals surface area contributed by atoms with Crippen molar-refractivity contribution in [2.24, 2.45) is 0 Å². The summed E-state index contributed by atoms with van der Waals surface area (Å²) in [4.78, 5) is 14.8. The maximum Gasteiger partial charge on any atom is 0.269 e. The molecule has 0 spiro atoms. The topological polar surface area (TPSA) is 65.8 Å². The number of rotatable bonds is 1. The highest BCUT2D eigenvalue weighted by molar-refractivity contribution is 5.92. The smallest absolute Gasteiger partial charge is 0.269 e. The van der Waals surface area contributed by atoms with Gasteiger partial charge in [-0.25, -0.2) is 4.98 Å². The number of nitriles is 1. The molecule has 1 aromatic heterocycles. The average Bonchev–Trinajstić information content (AvgIpc) is 2.17. The first-order valence-electron chi connectivity index (χ1n) is 3.37. The van der Waals surface area contributed by atoms with Gasteiger partial charge in [-0.15, -0.1) is 0 Å². The molecule has 0 atom stereocenters. The Kier molecular flexibility index (Phi) is 2.38. The van der Waals surface area contributed by atoms with Gasteiger partial charge in [0.15, 0.2) is 0 Å². The van der Waals surface area contributed by atoms with Crippen molar-refractivity contribution in [1.29, 1.82) is 5.26 Å². The molecular weight excluding hydrogens is 154 g/mol. The zero-order valence-electron chi connectivity index (χ0n) is 6.53. The van der Waals surface area contributed by atoms with Crippen LogP contribution in [0.2, 0.25) is 0 Å². The third-order valence-corrected chi connectivity index (χ3v) is 1.32. The molecule has 0 aliphatic rings. The molecule has 0 aliphatic carbocycles. The lowest BCUT2D eigenvalue weighted by Gasteiger charge is -1.97. The Morgan fingerprint density at radius 3 is 3.00 bits per heavy atom. The molecule has 60 valence electrons. The van der Waals surface area contributed by atoms with Crippen LogP contribution in [0.25, 0.3) is 0 Å². The van der Waals surface area contributed by atoms with E-state index in [9.17, 15) is 4.79 Å². The number of amides is 1. The minimum Gasteiger partial charge on any atom is -0.354 e. The van der Waals surface area contributed by atoms with Crippen molar-refractivity contribution in [3.63, 3.8) is 0 Å². The van der Waals surface area contributed by atoms with E-state index in [1.54, 1.807) is 18.2 Å². The van der Waals surface area contributed by atoms with Gasteiger partial charge >= 0.3 is 0 Å². The predicted octanol–water partition coefficient (Wildman–Crippen LogP) is 0.313. The summed E-state index contributed by atoms with van der Waals surface area (Å²) in [5.74, 6) is -0.285. The number of hydrogen-bond acceptors (Lipinski definition) is 3. The largest absolute Gasteiger partial charge is 0.354 e. The highest BCUT2D eigenvalue weighted by atomic mass is 16.1. The number of hydrogen-bond donors (Lipinski definition) is 1. The fourth-order valence-electron chi connectivity index (χ4n) is 0.752. The molecule has 1 rings (SSSR count). The van der Waals surface area contributed by atoms with Crippen LogP contribution in [0.15, 0.2) is 18.2 Å². The lowest BCUT2D eigenvalue weighted by molar-refractivity contribution is 0.0958. The number of aromatic nitrogens is 1. The second-order valence-electron chi connectivity index (χ2n) is 2.10. The van der Waals surface area contributed by atoms with Gasteiger partial charge in [0.05, 0.1) is 0 Å². The van der Waals surface area contributed by atoms with Crippen molar-refractivity contribution in [3.05, 3.63) is 29.6 Å². The molecule has 4 heteroatoms. The van der Waals surface area contributed by atoms with E-state index >= 15 is 0 Å². The van der Waals surface area contributed by atoms with Crippen molar-refractivity contribution in [2.45, 2.75) is 0 Å². The Morgan fingerprint density at radius 2 is 2.42 bits per heavy atom. The highest BCUT2D eigenvalue weighted by Crippen LogP contribution is 1.97. The van der Waals surface area contributed by atoms with Crippen LogP contribution in [0.3, 0.4) is 0 Å². The molecule has 0 saturated heterocycles. The van der Waals surface area contributed by atoms with E-state index in [2.05, 4.69) is 10.3 Å². The van der Waals surface area contributed by atoms with Crippen molar-refractivity contribution >= 4 is 5.91 Å². The number of carbonyl (C=O) groups excluding carboxylic acids is 1. The average molecular weight is 161 g/mol. The van der Waals surface area contributed by atoms with Crippen LogP contribution < -0.4 is 5.32 Å². The van der Waals surface area contributed by atoms with Crippen molar-refractivity contribution in [1.82, 2.24) is 10.3 Å². The molecule has 1 aromatic rings. The summed E-state index contributed by atoms with van der Waals surface area (Å²) in [5, 5.41) is 10.9. The van der Waals surface area contributed by atoms with Crippen LogP contribution in [0, 0.1) is 11.3 Å². The molecule has 1 heterocycles. The van der Waals surface area contributed by atoms with E-state index in [0.717, 1.165) is 0 Å². The van der Waals surface area contributed by atoms with E-state index < -0.39 is 0 Å². The fourth-order valence-corrected chi connectivity index (χ4v) is 0.752. The number of carbonyl (C=O) groups is 1. The molecule has 1 amide bonds. The third-order valence-electron chi connectivity index (χ3n) is 1.32. The molecule has 0 aliphatic heterocycles. The summed E-state index contributed by atoms with van der Waals surface area (Å²) in [7, 11) is 1.52. The van der Waals surface area contributed by atoms with Crippen LogP contribution >= 0.6 is 0 Å². The Balaban J connectivity index is 3.04. The summed E-state index contributed by atoms with van der Waals surface area (Å²) in [6, 6.07) is 6.58. The van der Waals surface area contributed by atoms with Gasteiger partial charge in [-0.05, 0) is 12.1 Å². The molecule has 0 radical (unpaired) electrons. The first-order valence-corrected chi connectivity index (χ1v) is 3.37. The zero-order chi connectivity index (χ0) is 8.97. The highest BCUT2D eigenvalue weighted by Gasteiger charge is 2.03. The monoisotopic (exact) mass is 161 g/mol. The Morgan fingerprint density at radius 1 is 1.67 bits per heavy atom. The molecule has 0 saturated carbocycles. The standard InChI is InChI=1S/C8H7N3O/c1-10-8(12)7-4-2-3-6(5-9)11-7/h2-4H,1H3,(H,10,12). The minimum absolute atomic E-state index is 0.246. The normalized spacial score (nSPS) is 8.67. The second kappa shape index (κ2) is 3.49. The van der Waals surface area contributed by atoms with Gasteiger partial charge < -0.3 is 5.32 Å². The van der Waals surface area contributed by atoms with Gasteiger partial charge in [0, 0.05) is 7.05 Å². The number of pyridine rings is 1. The van der Waals surface area contributed by atoms with Crippen LogP contribution in [-0.4, -0.2) is 17.9 Å². The third kappa shape index (κ3) is 1.58. The predicted molar refractivity (Wildman–Crippen MR) is 42.3 cm³/mol. The van der Waals surface area contributed by atoms with E-state index in [1.165, 1.54) is 7.05 Å². The van der Waals surface area contributed by atoms with Gasteiger partial charge in [-0.3, -0.25) is 4.79 Å². The molecule has 4 nitrogen and oxygen atoms in total. The summed E-state index contributed by atoms with van der Waals surface area (Å²) >= 11 is 0. The molecular formula is C8H7N3O. The Hall–Kier alpha value is -1.89. The second-order valence-corrected chi connectivity index (χ2v) is 2.10. The van der Waals surface area contributed by atoms with E-state index in [1.807, 2.05) is 6.07 Å². The molecule has 1 N–H and O–H groups in total. The number of nitrogens with zero attached hydrogens (tertiary/aromatic N) is 2. The maximum atomic E-state index is 11.0. The summed E-state index contributed by atoms with van der Waals surface area (Å²) in [5.41, 5.74) is 0.507. The van der Waals surface area contributed by atoms with Crippen LogP contribution in [0.5, 0.6) is 0 Å². The Labute approximate surface area is 69.8 Å². The molecule has 12 heavy (non-hydrogen) atoms. The molecule has 0 unspecified atom stereocenters. The van der Waals surface area contributed by atoms with Gasteiger partial charge in [0.2, 0.25) is 0 Å².